The number of methoxy groups -OCH3 is 1. The molecule has 0 aliphatic carbocycles. The Kier molecular flexibility index (Phi) is 5.13. The molecular weight excluding hydrogens is 340 g/mol. The first-order valence-electron chi connectivity index (χ1n) is 8.94. The maximum Gasteiger partial charge on any atom is 0.221 e. The van der Waals surface area contributed by atoms with E-state index in [1.165, 1.54) is 12.5 Å². The molecule has 0 radical (unpaired) electrons. The molecule has 2 aromatic rings. The number of Topliss-reactive ketones (excluding diaryl/α,β-unsaturated/α-hetero) is 1. The summed E-state index contributed by atoms with van der Waals surface area (Å²) in [4.78, 5) is 28.8. The molecule has 0 saturated heterocycles. The molecule has 27 heavy (non-hydrogen) atoms. The lowest BCUT2D eigenvalue weighted by Crippen LogP contribution is -2.30. The highest BCUT2D eigenvalue weighted by Gasteiger charge is 2.28. The maximum atomic E-state index is 12.8. The number of nitrogens with one attached hydrogen (secondary N) is 1. The van der Waals surface area contributed by atoms with Crippen molar-refractivity contribution in [3.8, 4) is 5.75 Å². The van der Waals surface area contributed by atoms with E-state index in [0.717, 1.165) is 23.4 Å². The molecule has 0 unspecified atom stereocenters. The Balaban J connectivity index is 1.86. The molecule has 5 heteroatoms. The van der Waals surface area contributed by atoms with Gasteiger partial charge in [0.2, 0.25) is 5.91 Å². The zero-order chi connectivity index (χ0) is 19.6. The van der Waals surface area contributed by atoms with Crippen molar-refractivity contribution in [3.63, 3.8) is 0 Å². The first kappa shape index (κ1) is 18.8. The fraction of sp³-hybridized carbons (Fsp3) is 0.318. The molecule has 1 N–H and O–H groups in total. The van der Waals surface area contributed by atoms with Gasteiger partial charge in [-0.15, -0.1) is 0 Å². The summed E-state index contributed by atoms with van der Waals surface area (Å²) in [5.41, 5.74) is 3.98. The van der Waals surface area contributed by atoms with Gasteiger partial charge in [0.15, 0.2) is 5.78 Å². The number of amides is 1. The second kappa shape index (κ2) is 7.35. The standard InChI is InChI=1S/C22H24N2O3/c1-14(25)23-17-8-5-15(6-9-17)21(26)12-20-19-11-18(27-4)10-7-16(19)13-22(2,3)24-20/h5-11H,12-13H2,1-4H3,(H,23,25). The number of nitrogens with zero attached hydrogens (tertiary/aromatic N) is 1. The van der Waals surface area contributed by atoms with Crippen LogP contribution < -0.4 is 10.1 Å². The van der Waals surface area contributed by atoms with Gasteiger partial charge in [-0.25, -0.2) is 0 Å². The van der Waals surface area contributed by atoms with Gasteiger partial charge in [0, 0.05) is 23.7 Å². The first-order chi connectivity index (χ1) is 12.8. The zero-order valence-corrected chi connectivity index (χ0v) is 16.1. The SMILES string of the molecule is COc1ccc2c(c1)C(CC(=O)c1ccc(NC(C)=O)cc1)=NC(C)(C)C2. The number of rotatable bonds is 5. The summed E-state index contributed by atoms with van der Waals surface area (Å²) in [6, 6.07) is 12.9. The van der Waals surface area contributed by atoms with Gasteiger partial charge in [-0.1, -0.05) is 6.07 Å². The highest BCUT2D eigenvalue weighted by Crippen LogP contribution is 2.31. The van der Waals surface area contributed by atoms with E-state index >= 15 is 0 Å². The fourth-order valence-electron chi connectivity index (χ4n) is 3.37. The number of hydrogen-bond acceptors (Lipinski definition) is 4. The van der Waals surface area contributed by atoms with Crippen LogP contribution in [0.4, 0.5) is 5.69 Å². The van der Waals surface area contributed by atoms with Crippen molar-refractivity contribution in [1.29, 1.82) is 0 Å². The van der Waals surface area contributed by atoms with E-state index in [-0.39, 0.29) is 23.7 Å². The number of hydrogen-bond donors (Lipinski definition) is 1. The van der Waals surface area contributed by atoms with Crippen molar-refractivity contribution < 1.29 is 14.3 Å². The Labute approximate surface area is 159 Å². The van der Waals surface area contributed by atoms with Crippen molar-refractivity contribution in [1.82, 2.24) is 0 Å². The van der Waals surface area contributed by atoms with Crippen molar-refractivity contribution in [2.24, 2.45) is 4.99 Å². The fourth-order valence-corrected chi connectivity index (χ4v) is 3.37. The van der Waals surface area contributed by atoms with Gasteiger partial charge in [-0.2, -0.15) is 0 Å². The Bertz CT molecular complexity index is 912. The van der Waals surface area contributed by atoms with Crippen molar-refractivity contribution in [2.45, 2.75) is 39.2 Å². The third-order valence-electron chi connectivity index (χ3n) is 4.54. The predicted molar refractivity (Wildman–Crippen MR) is 107 cm³/mol. The van der Waals surface area contributed by atoms with E-state index in [1.807, 2.05) is 12.1 Å². The van der Waals surface area contributed by atoms with Gasteiger partial charge < -0.3 is 10.1 Å². The van der Waals surface area contributed by atoms with Crippen LogP contribution in [0, 0.1) is 0 Å². The first-order valence-corrected chi connectivity index (χ1v) is 8.94. The van der Waals surface area contributed by atoms with Crippen molar-refractivity contribution in [3.05, 3.63) is 59.2 Å². The quantitative estimate of drug-likeness (QED) is 0.814. The maximum absolute atomic E-state index is 12.8. The molecule has 0 spiro atoms. The second-order valence-corrected chi connectivity index (χ2v) is 7.43. The molecule has 0 saturated carbocycles. The van der Waals surface area contributed by atoms with Gasteiger partial charge in [-0.05, 0) is 62.2 Å². The Morgan fingerprint density at radius 2 is 1.85 bits per heavy atom. The molecule has 0 atom stereocenters. The minimum atomic E-state index is -0.244. The number of carbonyl (C=O) groups is 2. The molecule has 1 heterocycles. The number of carbonyl (C=O) groups excluding carboxylic acids is 2. The van der Waals surface area contributed by atoms with E-state index in [4.69, 9.17) is 9.73 Å². The van der Waals surface area contributed by atoms with Crippen LogP contribution in [0.25, 0.3) is 0 Å². The number of anilines is 1. The van der Waals surface area contributed by atoms with Crippen LogP contribution in [-0.4, -0.2) is 30.1 Å². The molecule has 140 valence electrons. The molecule has 1 amide bonds. The Hall–Kier alpha value is -2.95. The molecular formula is C22H24N2O3. The van der Waals surface area contributed by atoms with Crippen molar-refractivity contribution in [2.75, 3.05) is 12.4 Å². The molecule has 1 aliphatic heterocycles. The third kappa shape index (κ3) is 4.42. The summed E-state index contributed by atoms with van der Waals surface area (Å²) in [5.74, 6) is 0.612. The van der Waals surface area contributed by atoms with Gasteiger partial charge in [0.05, 0.1) is 24.8 Å². The largest absolute Gasteiger partial charge is 0.497 e. The zero-order valence-electron chi connectivity index (χ0n) is 16.1. The van der Waals surface area contributed by atoms with Crippen molar-refractivity contribution >= 4 is 23.1 Å². The lowest BCUT2D eigenvalue weighted by atomic mass is 9.85. The minimum Gasteiger partial charge on any atom is -0.497 e. The Morgan fingerprint density at radius 1 is 1.15 bits per heavy atom. The minimum absolute atomic E-state index is 0.00500. The summed E-state index contributed by atoms with van der Waals surface area (Å²) in [6.45, 7) is 5.60. The van der Waals surface area contributed by atoms with Crippen LogP contribution in [-0.2, 0) is 11.2 Å². The van der Waals surface area contributed by atoms with Crippen LogP contribution in [0.5, 0.6) is 5.75 Å². The average molecular weight is 364 g/mol. The van der Waals surface area contributed by atoms with Crippen LogP contribution in [0.3, 0.4) is 0 Å². The number of benzene rings is 2. The third-order valence-corrected chi connectivity index (χ3v) is 4.54. The van der Waals surface area contributed by atoms with E-state index in [2.05, 4.69) is 25.2 Å². The summed E-state index contributed by atoms with van der Waals surface area (Å²) in [5, 5.41) is 2.70. The highest BCUT2D eigenvalue weighted by molar-refractivity contribution is 6.17. The van der Waals surface area contributed by atoms with Gasteiger partial charge in [-0.3, -0.25) is 14.6 Å². The number of aliphatic imine (C=N–C) groups is 1. The number of ketones is 1. The van der Waals surface area contributed by atoms with Gasteiger partial charge in [0.25, 0.3) is 0 Å². The highest BCUT2D eigenvalue weighted by atomic mass is 16.5. The van der Waals surface area contributed by atoms with Gasteiger partial charge in [0.1, 0.15) is 5.75 Å². The second-order valence-electron chi connectivity index (χ2n) is 7.43. The molecule has 5 nitrogen and oxygen atoms in total. The van der Waals surface area contributed by atoms with Crippen LogP contribution in [0.1, 0.15) is 48.7 Å². The van der Waals surface area contributed by atoms with E-state index < -0.39 is 0 Å². The lowest BCUT2D eigenvalue weighted by Gasteiger charge is -2.29. The summed E-state index contributed by atoms with van der Waals surface area (Å²) < 4.78 is 5.34. The van der Waals surface area contributed by atoms with E-state index in [9.17, 15) is 9.59 Å². The lowest BCUT2D eigenvalue weighted by molar-refractivity contribution is -0.114. The average Bonchev–Trinajstić information content (AvgIpc) is 2.60. The number of fused-ring (bicyclic) bond motifs is 1. The molecule has 0 bridgehead atoms. The van der Waals surface area contributed by atoms with Gasteiger partial charge >= 0.3 is 0 Å². The summed E-state index contributed by atoms with van der Waals surface area (Å²) in [6.07, 6.45) is 1.05. The Morgan fingerprint density at radius 3 is 2.48 bits per heavy atom. The van der Waals surface area contributed by atoms with E-state index in [0.29, 0.717) is 11.3 Å². The van der Waals surface area contributed by atoms with Crippen LogP contribution in [0.2, 0.25) is 0 Å². The molecule has 2 aromatic carbocycles. The van der Waals surface area contributed by atoms with Crippen LogP contribution in [0.15, 0.2) is 47.5 Å². The normalized spacial score (nSPS) is 14.7. The topological polar surface area (TPSA) is 67.8 Å². The monoisotopic (exact) mass is 364 g/mol. The summed E-state index contributed by atoms with van der Waals surface area (Å²) >= 11 is 0. The number of ether oxygens (including phenoxy) is 1. The predicted octanol–water partition coefficient (Wildman–Crippen LogP) is 4.05. The molecule has 1 aliphatic rings. The smallest absolute Gasteiger partial charge is 0.221 e. The molecule has 3 rings (SSSR count). The van der Waals surface area contributed by atoms with Crippen LogP contribution >= 0.6 is 0 Å². The summed E-state index contributed by atoms with van der Waals surface area (Å²) in [7, 11) is 1.63. The van der Waals surface area contributed by atoms with E-state index in [1.54, 1.807) is 31.4 Å². The molecule has 0 fully saturated rings. The molecule has 0 aromatic heterocycles.